The summed E-state index contributed by atoms with van der Waals surface area (Å²) in [6.07, 6.45) is 0.0117. The topological polar surface area (TPSA) is 76.1 Å². The van der Waals surface area contributed by atoms with Crippen molar-refractivity contribution in [3.05, 3.63) is 93.2 Å². The van der Waals surface area contributed by atoms with E-state index in [0.717, 1.165) is 16.0 Å². The van der Waals surface area contributed by atoms with Gasteiger partial charge in [-0.3, -0.25) is 9.59 Å². The Morgan fingerprint density at radius 1 is 1.09 bits per heavy atom. The summed E-state index contributed by atoms with van der Waals surface area (Å²) in [5.74, 6) is -0.817. The second kappa shape index (κ2) is 10.9. The molecule has 7 heteroatoms. The van der Waals surface area contributed by atoms with Crippen LogP contribution in [0.1, 0.15) is 41.5 Å². The number of aliphatic hydroxyl groups is 1. The Balaban J connectivity index is 1.63. The van der Waals surface area contributed by atoms with Crippen LogP contribution in [0.3, 0.4) is 0 Å². The maximum atomic E-state index is 13.1. The third kappa shape index (κ3) is 5.47. The second-order valence-corrected chi connectivity index (χ2v) is 9.66. The molecule has 182 valence electrons. The Hall–Kier alpha value is -3.42. The number of likely N-dealkylation sites (tertiary alicyclic amines) is 1. The fourth-order valence-corrected chi connectivity index (χ4v) is 4.93. The minimum atomic E-state index is -0.687. The molecule has 1 atom stereocenters. The van der Waals surface area contributed by atoms with E-state index < -0.39 is 17.7 Å². The summed E-state index contributed by atoms with van der Waals surface area (Å²) in [6.45, 7) is 6.71. The third-order valence-corrected chi connectivity index (χ3v) is 6.75. The number of aryl methyl sites for hydroxylation is 1. The molecule has 3 aromatic rings. The number of carbonyl (C=O) groups is 2. The van der Waals surface area contributed by atoms with Gasteiger partial charge in [0.05, 0.1) is 24.3 Å². The van der Waals surface area contributed by atoms with E-state index in [1.54, 1.807) is 18.2 Å². The molecular formula is C28H29NO5S. The Morgan fingerprint density at radius 2 is 1.86 bits per heavy atom. The molecule has 0 aliphatic carbocycles. The summed E-state index contributed by atoms with van der Waals surface area (Å²) in [4.78, 5) is 28.3. The highest BCUT2D eigenvalue weighted by Gasteiger charge is 2.46. The first-order valence-corrected chi connectivity index (χ1v) is 12.5. The van der Waals surface area contributed by atoms with Gasteiger partial charge in [0.25, 0.3) is 11.7 Å². The van der Waals surface area contributed by atoms with Crippen LogP contribution in [-0.4, -0.2) is 41.0 Å². The predicted octanol–water partition coefficient (Wildman–Crippen LogP) is 5.48. The number of nitrogens with zero attached hydrogens (tertiary/aromatic N) is 1. The Labute approximate surface area is 209 Å². The Kier molecular flexibility index (Phi) is 7.68. The zero-order valence-corrected chi connectivity index (χ0v) is 20.9. The summed E-state index contributed by atoms with van der Waals surface area (Å²) in [5.41, 5.74) is 2.43. The predicted molar refractivity (Wildman–Crippen MR) is 136 cm³/mol. The fourth-order valence-electron chi connectivity index (χ4n) is 4.09. The van der Waals surface area contributed by atoms with Crippen molar-refractivity contribution in [2.45, 2.75) is 39.5 Å². The van der Waals surface area contributed by atoms with E-state index in [0.29, 0.717) is 24.5 Å². The minimum Gasteiger partial charge on any atom is -0.507 e. The van der Waals surface area contributed by atoms with Gasteiger partial charge in [0.15, 0.2) is 0 Å². The zero-order valence-electron chi connectivity index (χ0n) is 20.1. The van der Waals surface area contributed by atoms with Gasteiger partial charge in [-0.05, 0) is 61.5 Å². The number of Topliss-reactive ketones (excluding diaryl/α,β-unsaturated/α-hetero) is 1. The van der Waals surface area contributed by atoms with Crippen LogP contribution in [0.15, 0.2) is 71.6 Å². The van der Waals surface area contributed by atoms with Gasteiger partial charge in [0, 0.05) is 17.0 Å². The molecule has 6 nitrogen and oxygen atoms in total. The molecule has 1 N–H and O–H groups in total. The standard InChI is InChI=1S/C28H29NO5S/c1-18(2)33-14-13-29-25(23-10-7-15-35-23)24(27(31)28(29)32)26(30)21-11-12-22(19(3)16-21)34-17-20-8-5-4-6-9-20/h4-12,15-16,18,25,30H,13-14,17H2,1-3H3/b26-24-. The quantitative estimate of drug-likeness (QED) is 0.244. The lowest BCUT2D eigenvalue weighted by Crippen LogP contribution is -2.33. The molecule has 1 aliphatic heterocycles. The van der Waals surface area contributed by atoms with Crippen LogP contribution in [0.5, 0.6) is 5.75 Å². The highest BCUT2D eigenvalue weighted by atomic mass is 32.1. The first-order chi connectivity index (χ1) is 16.9. The second-order valence-electron chi connectivity index (χ2n) is 8.68. The van der Waals surface area contributed by atoms with E-state index in [9.17, 15) is 14.7 Å². The molecule has 0 saturated carbocycles. The van der Waals surface area contributed by atoms with Crippen LogP contribution >= 0.6 is 11.3 Å². The van der Waals surface area contributed by atoms with Gasteiger partial charge in [-0.15, -0.1) is 11.3 Å². The minimum absolute atomic E-state index is 0.0117. The van der Waals surface area contributed by atoms with Gasteiger partial charge in [0.2, 0.25) is 0 Å². The van der Waals surface area contributed by atoms with Crippen molar-refractivity contribution >= 4 is 28.8 Å². The number of carbonyl (C=O) groups excluding carboxylic acids is 2. The fraction of sp³-hybridized carbons (Fsp3) is 0.286. The number of aliphatic hydroxyl groups excluding tert-OH is 1. The first kappa shape index (κ1) is 24.7. The van der Waals surface area contributed by atoms with E-state index in [1.165, 1.54) is 16.2 Å². The van der Waals surface area contributed by atoms with Crippen molar-refractivity contribution in [3.8, 4) is 5.75 Å². The van der Waals surface area contributed by atoms with Crippen molar-refractivity contribution in [3.63, 3.8) is 0 Å². The van der Waals surface area contributed by atoms with Gasteiger partial charge < -0.3 is 19.5 Å². The average molecular weight is 492 g/mol. The van der Waals surface area contributed by atoms with E-state index in [4.69, 9.17) is 9.47 Å². The highest BCUT2D eigenvalue weighted by Crippen LogP contribution is 2.41. The van der Waals surface area contributed by atoms with Crippen LogP contribution in [0.25, 0.3) is 5.76 Å². The molecule has 0 spiro atoms. The maximum Gasteiger partial charge on any atom is 0.295 e. The van der Waals surface area contributed by atoms with Crippen molar-refractivity contribution in [2.24, 2.45) is 0 Å². The van der Waals surface area contributed by atoms with Crippen LogP contribution in [0.2, 0.25) is 0 Å². The number of ether oxygens (including phenoxy) is 2. The average Bonchev–Trinajstić information content (AvgIpc) is 3.46. The lowest BCUT2D eigenvalue weighted by atomic mass is 9.99. The summed E-state index contributed by atoms with van der Waals surface area (Å²) in [6, 6.07) is 18.2. The van der Waals surface area contributed by atoms with Crippen molar-refractivity contribution in [1.29, 1.82) is 0 Å². The lowest BCUT2D eigenvalue weighted by molar-refractivity contribution is -0.140. The van der Waals surface area contributed by atoms with Crippen molar-refractivity contribution in [1.82, 2.24) is 4.90 Å². The monoisotopic (exact) mass is 491 g/mol. The number of thiophene rings is 1. The summed E-state index contributed by atoms with van der Waals surface area (Å²) in [7, 11) is 0. The van der Waals surface area contributed by atoms with Crippen molar-refractivity contribution in [2.75, 3.05) is 13.2 Å². The lowest BCUT2D eigenvalue weighted by Gasteiger charge is -2.24. The van der Waals surface area contributed by atoms with Gasteiger partial charge in [-0.2, -0.15) is 0 Å². The molecule has 0 radical (unpaired) electrons. The van der Waals surface area contributed by atoms with Gasteiger partial charge in [-0.1, -0.05) is 36.4 Å². The molecule has 1 amide bonds. The third-order valence-electron chi connectivity index (χ3n) is 5.82. The molecule has 1 fully saturated rings. The highest BCUT2D eigenvalue weighted by molar-refractivity contribution is 7.10. The number of hydrogen-bond acceptors (Lipinski definition) is 6. The number of rotatable bonds is 9. The smallest absolute Gasteiger partial charge is 0.295 e. The molecule has 1 unspecified atom stereocenters. The SMILES string of the molecule is Cc1cc(/C(O)=C2/C(=O)C(=O)N(CCOC(C)C)C2c2cccs2)ccc1OCc1ccccc1. The molecule has 35 heavy (non-hydrogen) atoms. The molecular weight excluding hydrogens is 462 g/mol. The van der Waals surface area contributed by atoms with E-state index >= 15 is 0 Å². The molecule has 1 aromatic heterocycles. The van der Waals surface area contributed by atoms with Crippen LogP contribution < -0.4 is 4.74 Å². The Bertz CT molecular complexity index is 1220. The number of hydrogen-bond donors (Lipinski definition) is 1. The van der Waals surface area contributed by atoms with Gasteiger partial charge in [0.1, 0.15) is 18.1 Å². The van der Waals surface area contributed by atoms with E-state index in [-0.39, 0.29) is 24.0 Å². The van der Waals surface area contributed by atoms with E-state index in [2.05, 4.69) is 0 Å². The summed E-state index contributed by atoms with van der Waals surface area (Å²) < 4.78 is 11.6. The van der Waals surface area contributed by atoms with Crippen molar-refractivity contribution < 1.29 is 24.2 Å². The largest absolute Gasteiger partial charge is 0.507 e. The number of benzene rings is 2. The molecule has 0 bridgehead atoms. The molecule has 4 rings (SSSR count). The normalized spacial score (nSPS) is 17.4. The van der Waals surface area contributed by atoms with Gasteiger partial charge in [-0.25, -0.2) is 0 Å². The van der Waals surface area contributed by atoms with E-state index in [1.807, 2.05) is 68.6 Å². The maximum absolute atomic E-state index is 13.1. The van der Waals surface area contributed by atoms with Crippen LogP contribution in [-0.2, 0) is 20.9 Å². The summed E-state index contributed by atoms with van der Waals surface area (Å²) >= 11 is 1.44. The van der Waals surface area contributed by atoms with Crippen LogP contribution in [0, 0.1) is 6.92 Å². The number of amides is 1. The molecule has 1 saturated heterocycles. The van der Waals surface area contributed by atoms with Gasteiger partial charge >= 0.3 is 0 Å². The summed E-state index contributed by atoms with van der Waals surface area (Å²) in [5, 5.41) is 13.1. The number of ketones is 1. The zero-order chi connectivity index (χ0) is 24.9. The Morgan fingerprint density at radius 3 is 2.51 bits per heavy atom. The molecule has 1 aliphatic rings. The molecule has 2 aromatic carbocycles. The molecule has 2 heterocycles. The first-order valence-electron chi connectivity index (χ1n) is 11.6. The van der Waals surface area contributed by atoms with Crippen LogP contribution in [0.4, 0.5) is 0 Å².